The summed E-state index contributed by atoms with van der Waals surface area (Å²) in [6.45, 7) is 6.48. The smallest absolute Gasteiger partial charge is 0.225 e. The lowest BCUT2D eigenvalue weighted by atomic mass is 10.1. The number of benzene rings is 1. The highest BCUT2D eigenvalue weighted by molar-refractivity contribution is 5.90. The van der Waals surface area contributed by atoms with Crippen molar-refractivity contribution in [1.82, 2.24) is 10.2 Å². The molecule has 0 bridgehead atoms. The predicted octanol–water partition coefficient (Wildman–Crippen LogP) is 2.47. The van der Waals surface area contributed by atoms with E-state index >= 15 is 0 Å². The molecule has 1 amide bonds. The molecular weight excluding hydrogens is 337 g/mol. The summed E-state index contributed by atoms with van der Waals surface area (Å²) in [4.78, 5) is 14.1. The van der Waals surface area contributed by atoms with Gasteiger partial charge in [-0.05, 0) is 31.7 Å². The molecule has 0 aliphatic carbocycles. The molecule has 2 rings (SSSR count). The number of hydrogen-bond donors (Lipinski definition) is 2. The highest BCUT2D eigenvalue weighted by Crippen LogP contribution is 2.22. The first-order chi connectivity index (χ1) is 10.2. The molecule has 1 fully saturated rings. The second-order valence-corrected chi connectivity index (χ2v) is 5.35. The van der Waals surface area contributed by atoms with Crippen molar-refractivity contribution in [3.05, 3.63) is 29.8 Å². The van der Waals surface area contributed by atoms with Gasteiger partial charge in [-0.1, -0.05) is 12.1 Å². The summed E-state index contributed by atoms with van der Waals surface area (Å²) in [5.74, 6) is 0.0401. The lowest BCUT2D eigenvalue weighted by Gasteiger charge is -2.32. The first kappa shape index (κ1) is 22.1. The largest absolute Gasteiger partial charge is 0.379 e. The number of amides is 1. The molecule has 1 atom stereocenters. The quantitative estimate of drug-likeness (QED) is 0.814. The van der Waals surface area contributed by atoms with E-state index in [1.807, 2.05) is 19.2 Å². The topological polar surface area (TPSA) is 53.6 Å². The minimum absolute atomic E-state index is 0. The van der Waals surface area contributed by atoms with Crippen molar-refractivity contribution in [2.45, 2.75) is 19.4 Å². The molecule has 1 aliphatic heterocycles. The molecule has 1 aromatic carbocycles. The second kappa shape index (κ2) is 11.6. The fraction of sp³-hybridized carbons (Fsp3) is 0.562. The average molecular weight is 364 g/mol. The Balaban J connectivity index is 0.00000242. The van der Waals surface area contributed by atoms with Gasteiger partial charge in [-0.3, -0.25) is 9.69 Å². The number of nitrogens with zero attached hydrogens (tertiary/aromatic N) is 1. The van der Waals surface area contributed by atoms with Crippen LogP contribution in [0.5, 0.6) is 0 Å². The van der Waals surface area contributed by atoms with Gasteiger partial charge in [0.2, 0.25) is 5.91 Å². The standard InChI is InChI=1S/C16H25N3O2.2ClH/c1-13(19-9-11-21-12-10-19)14-3-5-15(6-4-14)18-16(20)7-8-17-2;;/h3-6,13,17H,7-12H2,1-2H3,(H,18,20);2*1H. The van der Waals surface area contributed by atoms with Crippen LogP contribution in [0.1, 0.15) is 24.9 Å². The van der Waals surface area contributed by atoms with Crippen LogP contribution in [0.3, 0.4) is 0 Å². The molecule has 7 heteroatoms. The van der Waals surface area contributed by atoms with Crippen LogP contribution >= 0.6 is 24.8 Å². The minimum Gasteiger partial charge on any atom is -0.379 e. The normalized spacial score (nSPS) is 15.9. The molecule has 0 saturated carbocycles. The molecule has 2 N–H and O–H groups in total. The first-order valence-electron chi connectivity index (χ1n) is 7.57. The van der Waals surface area contributed by atoms with E-state index < -0.39 is 0 Å². The Morgan fingerprint density at radius 1 is 1.22 bits per heavy atom. The minimum atomic E-state index is 0. The monoisotopic (exact) mass is 363 g/mol. The molecule has 0 radical (unpaired) electrons. The Morgan fingerprint density at radius 2 is 1.83 bits per heavy atom. The van der Waals surface area contributed by atoms with Gasteiger partial charge in [-0.15, -0.1) is 24.8 Å². The second-order valence-electron chi connectivity index (χ2n) is 5.35. The van der Waals surface area contributed by atoms with Crippen molar-refractivity contribution in [3.63, 3.8) is 0 Å². The van der Waals surface area contributed by atoms with Crippen LogP contribution in [0.4, 0.5) is 5.69 Å². The van der Waals surface area contributed by atoms with E-state index in [0.717, 1.165) is 32.0 Å². The lowest BCUT2D eigenvalue weighted by Crippen LogP contribution is -2.38. The molecule has 5 nitrogen and oxygen atoms in total. The Labute approximate surface area is 151 Å². The first-order valence-corrected chi connectivity index (χ1v) is 7.57. The van der Waals surface area contributed by atoms with Gasteiger partial charge < -0.3 is 15.4 Å². The van der Waals surface area contributed by atoms with Crippen LogP contribution in [-0.2, 0) is 9.53 Å². The van der Waals surface area contributed by atoms with E-state index in [0.29, 0.717) is 19.0 Å². The highest BCUT2D eigenvalue weighted by atomic mass is 35.5. The lowest BCUT2D eigenvalue weighted by molar-refractivity contribution is -0.116. The summed E-state index contributed by atoms with van der Waals surface area (Å²) < 4.78 is 5.39. The molecule has 0 spiro atoms. The number of halogens is 2. The fourth-order valence-corrected chi connectivity index (χ4v) is 2.48. The van der Waals surface area contributed by atoms with Crippen molar-refractivity contribution in [2.24, 2.45) is 0 Å². The van der Waals surface area contributed by atoms with E-state index in [1.165, 1.54) is 5.56 Å². The summed E-state index contributed by atoms with van der Waals surface area (Å²) in [5, 5.41) is 5.88. The van der Waals surface area contributed by atoms with Crippen LogP contribution in [0, 0.1) is 0 Å². The number of anilines is 1. The van der Waals surface area contributed by atoms with Gasteiger partial charge in [-0.2, -0.15) is 0 Å². The van der Waals surface area contributed by atoms with E-state index in [1.54, 1.807) is 0 Å². The molecular formula is C16H27Cl2N3O2. The van der Waals surface area contributed by atoms with Crippen molar-refractivity contribution in [2.75, 3.05) is 45.2 Å². The number of carbonyl (C=O) groups is 1. The van der Waals surface area contributed by atoms with Gasteiger partial charge in [0.05, 0.1) is 13.2 Å². The molecule has 1 aromatic rings. The summed E-state index contributed by atoms with van der Waals surface area (Å²) in [5.41, 5.74) is 2.12. The number of ether oxygens (including phenoxy) is 1. The number of morpholine rings is 1. The summed E-state index contributed by atoms with van der Waals surface area (Å²) in [6, 6.07) is 8.51. The molecule has 1 saturated heterocycles. The van der Waals surface area contributed by atoms with E-state index in [4.69, 9.17) is 4.74 Å². The third-order valence-electron chi connectivity index (χ3n) is 3.87. The Hall–Kier alpha value is -0.850. The SMILES string of the molecule is CNCCC(=O)Nc1ccc(C(C)N2CCOCC2)cc1.Cl.Cl. The molecule has 1 aliphatic rings. The van der Waals surface area contributed by atoms with Gasteiger partial charge in [-0.25, -0.2) is 0 Å². The average Bonchev–Trinajstić information content (AvgIpc) is 2.54. The maximum atomic E-state index is 11.7. The van der Waals surface area contributed by atoms with E-state index in [2.05, 4.69) is 34.6 Å². The predicted molar refractivity (Wildman–Crippen MR) is 98.9 cm³/mol. The van der Waals surface area contributed by atoms with Crippen LogP contribution in [-0.4, -0.2) is 50.7 Å². The van der Waals surface area contributed by atoms with Gasteiger partial charge in [0.25, 0.3) is 0 Å². The molecule has 132 valence electrons. The zero-order chi connectivity index (χ0) is 15.1. The van der Waals surface area contributed by atoms with E-state index in [9.17, 15) is 4.79 Å². The third-order valence-corrected chi connectivity index (χ3v) is 3.87. The zero-order valence-electron chi connectivity index (χ0n) is 13.7. The Morgan fingerprint density at radius 3 is 2.39 bits per heavy atom. The maximum Gasteiger partial charge on any atom is 0.225 e. The van der Waals surface area contributed by atoms with Crippen molar-refractivity contribution in [3.8, 4) is 0 Å². The van der Waals surface area contributed by atoms with Gasteiger partial charge in [0.15, 0.2) is 0 Å². The molecule has 23 heavy (non-hydrogen) atoms. The third kappa shape index (κ3) is 7.06. The van der Waals surface area contributed by atoms with Gasteiger partial charge in [0.1, 0.15) is 0 Å². The Bertz CT molecular complexity index is 451. The number of rotatable bonds is 6. The van der Waals surface area contributed by atoms with Gasteiger partial charge in [0, 0.05) is 37.8 Å². The summed E-state index contributed by atoms with van der Waals surface area (Å²) in [6.07, 6.45) is 0.489. The molecule has 0 aromatic heterocycles. The summed E-state index contributed by atoms with van der Waals surface area (Å²) >= 11 is 0. The Kier molecular flexibility index (Phi) is 11.2. The van der Waals surface area contributed by atoms with Crippen molar-refractivity contribution in [1.29, 1.82) is 0 Å². The van der Waals surface area contributed by atoms with E-state index in [-0.39, 0.29) is 30.7 Å². The van der Waals surface area contributed by atoms with Crippen LogP contribution in [0.15, 0.2) is 24.3 Å². The number of hydrogen-bond acceptors (Lipinski definition) is 4. The van der Waals surface area contributed by atoms with Crippen LogP contribution in [0.2, 0.25) is 0 Å². The van der Waals surface area contributed by atoms with Crippen molar-refractivity contribution >= 4 is 36.4 Å². The fourth-order valence-electron chi connectivity index (χ4n) is 2.48. The molecule has 1 heterocycles. The molecule has 1 unspecified atom stereocenters. The number of carbonyl (C=O) groups excluding carboxylic acids is 1. The zero-order valence-corrected chi connectivity index (χ0v) is 15.3. The van der Waals surface area contributed by atoms with Gasteiger partial charge >= 0.3 is 0 Å². The highest BCUT2D eigenvalue weighted by Gasteiger charge is 2.18. The number of nitrogens with one attached hydrogen (secondary N) is 2. The van der Waals surface area contributed by atoms with Crippen LogP contribution in [0.25, 0.3) is 0 Å². The van der Waals surface area contributed by atoms with Crippen molar-refractivity contribution < 1.29 is 9.53 Å². The summed E-state index contributed by atoms with van der Waals surface area (Å²) in [7, 11) is 1.84. The maximum absolute atomic E-state index is 11.7. The van der Waals surface area contributed by atoms with Crippen LogP contribution < -0.4 is 10.6 Å².